The highest BCUT2D eigenvalue weighted by Crippen LogP contribution is 2.14. The average molecular weight is 239 g/mol. The van der Waals surface area contributed by atoms with E-state index in [1.54, 1.807) is 10.9 Å². The second-order valence-corrected chi connectivity index (χ2v) is 4.69. The first-order valence-corrected chi connectivity index (χ1v) is 6.08. The molecule has 0 unspecified atom stereocenters. The molecule has 0 radical (unpaired) electrons. The maximum Gasteiger partial charge on any atom is 0.142 e. The SMILES string of the molecule is Cc1ccc(C)c(CCc2ncn(C)c2C#N)c1. The Kier molecular flexibility index (Phi) is 3.47. The van der Waals surface area contributed by atoms with Crippen LogP contribution in [-0.4, -0.2) is 9.55 Å². The van der Waals surface area contributed by atoms with E-state index in [1.807, 2.05) is 7.05 Å². The van der Waals surface area contributed by atoms with E-state index in [9.17, 15) is 0 Å². The van der Waals surface area contributed by atoms with Gasteiger partial charge >= 0.3 is 0 Å². The topological polar surface area (TPSA) is 41.6 Å². The van der Waals surface area contributed by atoms with E-state index in [1.165, 1.54) is 16.7 Å². The number of rotatable bonds is 3. The Morgan fingerprint density at radius 1 is 1.28 bits per heavy atom. The van der Waals surface area contributed by atoms with Crippen molar-refractivity contribution in [2.24, 2.45) is 7.05 Å². The number of nitriles is 1. The third kappa shape index (κ3) is 2.43. The zero-order valence-corrected chi connectivity index (χ0v) is 11.1. The monoisotopic (exact) mass is 239 g/mol. The Morgan fingerprint density at radius 2 is 2.06 bits per heavy atom. The van der Waals surface area contributed by atoms with Crippen LogP contribution < -0.4 is 0 Å². The molecule has 0 atom stereocenters. The first kappa shape index (κ1) is 12.4. The molecule has 0 aliphatic heterocycles. The van der Waals surface area contributed by atoms with Crippen molar-refractivity contribution in [2.45, 2.75) is 26.7 Å². The number of imidazole rings is 1. The number of aromatic nitrogens is 2. The Hall–Kier alpha value is -2.08. The summed E-state index contributed by atoms with van der Waals surface area (Å²) in [5, 5.41) is 9.07. The highest BCUT2D eigenvalue weighted by atomic mass is 15.0. The normalized spacial score (nSPS) is 10.3. The molecule has 0 bridgehead atoms. The van der Waals surface area contributed by atoms with Crippen LogP contribution in [0.2, 0.25) is 0 Å². The zero-order chi connectivity index (χ0) is 13.1. The third-order valence-electron chi connectivity index (χ3n) is 3.25. The van der Waals surface area contributed by atoms with Crippen molar-refractivity contribution in [3.8, 4) is 6.07 Å². The quantitative estimate of drug-likeness (QED) is 0.826. The van der Waals surface area contributed by atoms with E-state index in [4.69, 9.17) is 5.26 Å². The Bertz CT molecular complexity index is 601. The van der Waals surface area contributed by atoms with Crippen LogP contribution in [0.15, 0.2) is 24.5 Å². The maximum absolute atomic E-state index is 9.07. The molecule has 0 saturated carbocycles. The fourth-order valence-corrected chi connectivity index (χ4v) is 2.13. The lowest BCUT2D eigenvalue weighted by molar-refractivity contribution is 0.881. The average Bonchev–Trinajstić information content (AvgIpc) is 2.71. The van der Waals surface area contributed by atoms with Gasteiger partial charge in [0.25, 0.3) is 0 Å². The summed E-state index contributed by atoms with van der Waals surface area (Å²) >= 11 is 0. The third-order valence-corrected chi connectivity index (χ3v) is 3.25. The van der Waals surface area contributed by atoms with Crippen molar-refractivity contribution in [3.05, 3.63) is 52.6 Å². The molecule has 3 heteroatoms. The fraction of sp³-hybridized carbons (Fsp3) is 0.333. The second-order valence-electron chi connectivity index (χ2n) is 4.69. The summed E-state index contributed by atoms with van der Waals surface area (Å²) in [7, 11) is 1.85. The van der Waals surface area contributed by atoms with Crippen LogP contribution >= 0.6 is 0 Å². The smallest absolute Gasteiger partial charge is 0.142 e. The minimum atomic E-state index is 0.667. The molecule has 0 spiro atoms. The Labute approximate surface area is 108 Å². The molecule has 92 valence electrons. The molecule has 0 fully saturated rings. The van der Waals surface area contributed by atoms with Crippen molar-refractivity contribution < 1.29 is 0 Å². The zero-order valence-electron chi connectivity index (χ0n) is 11.1. The van der Waals surface area contributed by atoms with Crippen LogP contribution in [0.5, 0.6) is 0 Å². The number of hydrogen-bond donors (Lipinski definition) is 0. The van der Waals surface area contributed by atoms with Crippen LogP contribution in [0.25, 0.3) is 0 Å². The molecular weight excluding hydrogens is 222 g/mol. The van der Waals surface area contributed by atoms with E-state index in [0.29, 0.717) is 5.69 Å². The summed E-state index contributed by atoms with van der Waals surface area (Å²) in [6, 6.07) is 8.69. The van der Waals surface area contributed by atoms with Gasteiger partial charge in [-0.3, -0.25) is 0 Å². The summed E-state index contributed by atoms with van der Waals surface area (Å²) in [5.41, 5.74) is 5.47. The Morgan fingerprint density at radius 3 is 2.78 bits per heavy atom. The lowest BCUT2D eigenvalue weighted by atomic mass is 10.0. The van der Waals surface area contributed by atoms with Gasteiger partial charge in [0.2, 0.25) is 0 Å². The summed E-state index contributed by atoms with van der Waals surface area (Å²) < 4.78 is 1.78. The van der Waals surface area contributed by atoms with Gasteiger partial charge in [0, 0.05) is 7.05 Å². The summed E-state index contributed by atoms with van der Waals surface area (Å²) in [6.07, 6.45) is 3.45. The van der Waals surface area contributed by atoms with Gasteiger partial charge in [0.1, 0.15) is 11.8 Å². The van der Waals surface area contributed by atoms with Crippen molar-refractivity contribution in [2.75, 3.05) is 0 Å². The summed E-state index contributed by atoms with van der Waals surface area (Å²) in [5.74, 6) is 0. The van der Waals surface area contributed by atoms with Crippen molar-refractivity contribution in [1.82, 2.24) is 9.55 Å². The molecule has 0 aliphatic rings. The minimum Gasteiger partial charge on any atom is -0.325 e. The molecule has 0 aliphatic carbocycles. The number of nitrogens with zero attached hydrogens (tertiary/aromatic N) is 3. The molecule has 1 heterocycles. The minimum absolute atomic E-state index is 0.667. The molecule has 0 N–H and O–H groups in total. The Balaban J connectivity index is 2.17. The molecule has 18 heavy (non-hydrogen) atoms. The van der Waals surface area contributed by atoms with Gasteiger partial charge in [-0.15, -0.1) is 0 Å². The molecule has 2 rings (SSSR count). The number of benzene rings is 1. The van der Waals surface area contributed by atoms with Crippen LogP contribution in [0.4, 0.5) is 0 Å². The van der Waals surface area contributed by atoms with E-state index in [-0.39, 0.29) is 0 Å². The van der Waals surface area contributed by atoms with E-state index < -0.39 is 0 Å². The largest absolute Gasteiger partial charge is 0.325 e. The first-order chi connectivity index (χ1) is 8.61. The van der Waals surface area contributed by atoms with Gasteiger partial charge in [-0.1, -0.05) is 23.8 Å². The van der Waals surface area contributed by atoms with Gasteiger partial charge in [0.15, 0.2) is 0 Å². The molecule has 0 saturated heterocycles. The van der Waals surface area contributed by atoms with Gasteiger partial charge < -0.3 is 4.57 Å². The second kappa shape index (κ2) is 5.05. The highest BCUT2D eigenvalue weighted by molar-refractivity contribution is 5.32. The predicted octanol–water partition coefficient (Wildman–Crippen LogP) is 2.69. The molecular formula is C15H17N3. The van der Waals surface area contributed by atoms with Gasteiger partial charge in [0.05, 0.1) is 12.0 Å². The van der Waals surface area contributed by atoms with E-state index >= 15 is 0 Å². The number of aryl methyl sites for hydroxylation is 5. The van der Waals surface area contributed by atoms with Gasteiger partial charge in [-0.2, -0.15) is 5.26 Å². The molecule has 2 aromatic rings. The van der Waals surface area contributed by atoms with Crippen molar-refractivity contribution in [1.29, 1.82) is 5.26 Å². The van der Waals surface area contributed by atoms with E-state index in [0.717, 1.165) is 18.5 Å². The highest BCUT2D eigenvalue weighted by Gasteiger charge is 2.08. The molecule has 0 amide bonds. The van der Waals surface area contributed by atoms with E-state index in [2.05, 4.69) is 43.1 Å². The van der Waals surface area contributed by atoms with Crippen LogP contribution in [-0.2, 0) is 19.9 Å². The standard InChI is InChI=1S/C15H17N3/c1-11-4-5-12(2)13(8-11)6-7-14-15(9-16)18(3)10-17-14/h4-5,8,10H,6-7H2,1-3H3. The van der Waals surface area contributed by atoms with Crippen molar-refractivity contribution in [3.63, 3.8) is 0 Å². The van der Waals surface area contributed by atoms with Gasteiger partial charge in [-0.05, 0) is 37.8 Å². The van der Waals surface area contributed by atoms with Crippen LogP contribution in [0.3, 0.4) is 0 Å². The fourth-order valence-electron chi connectivity index (χ4n) is 2.13. The molecule has 3 nitrogen and oxygen atoms in total. The first-order valence-electron chi connectivity index (χ1n) is 6.08. The lowest BCUT2D eigenvalue weighted by Gasteiger charge is -2.06. The number of hydrogen-bond acceptors (Lipinski definition) is 2. The summed E-state index contributed by atoms with van der Waals surface area (Å²) in [4.78, 5) is 4.29. The van der Waals surface area contributed by atoms with Crippen molar-refractivity contribution >= 4 is 0 Å². The molecule has 1 aromatic heterocycles. The maximum atomic E-state index is 9.07. The van der Waals surface area contributed by atoms with Crippen LogP contribution in [0, 0.1) is 25.2 Å². The molecule has 1 aromatic carbocycles. The van der Waals surface area contributed by atoms with Crippen LogP contribution in [0.1, 0.15) is 28.1 Å². The lowest BCUT2D eigenvalue weighted by Crippen LogP contribution is -1.98. The summed E-state index contributed by atoms with van der Waals surface area (Å²) in [6.45, 7) is 4.23. The van der Waals surface area contributed by atoms with Gasteiger partial charge in [-0.25, -0.2) is 4.98 Å². The predicted molar refractivity (Wildman–Crippen MR) is 71.2 cm³/mol.